The highest BCUT2D eigenvalue weighted by Gasteiger charge is 2.18. The van der Waals surface area contributed by atoms with E-state index in [2.05, 4.69) is 197 Å². The van der Waals surface area contributed by atoms with Crippen LogP contribution in [0.1, 0.15) is 0 Å². The lowest BCUT2D eigenvalue weighted by Crippen LogP contribution is -1.97. The second kappa shape index (κ2) is 12.9. The SMILES string of the molecule is c1ccc(-c2nc(-c3ccc(-n4c5ccccc5c5cc(-c6ccc7c(c6)c6ccccc6n7-c6cccc7ccccc67)ccc54)cc3)nc3ccccc23)cc1. The molecule has 12 rings (SSSR count). The first kappa shape index (κ1) is 32.4. The molecular weight excluding hydrogens is 705 g/mol. The molecule has 0 aliphatic rings. The smallest absolute Gasteiger partial charge is 0.160 e. The maximum Gasteiger partial charge on any atom is 0.160 e. The number of nitrogens with zero attached hydrogens (tertiary/aromatic N) is 4. The molecule has 0 aliphatic carbocycles. The standard InChI is InChI=1S/C54H34N4/c1-2-14-36(15-3-1)53-44-20-6-9-21-47(44)55-54(56-53)37-25-29-40(30-26-37)57-49-22-10-7-18-42(49)45-33-38(27-31-51(45)57)39-28-32-52-46(34-39)43-19-8-11-23-50(43)58(52)48-24-12-16-35-13-4-5-17-41(35)48/h1-34H. The molecular formula is C54H34N4. The highest BCUT2D eigenvalue weighted by Crippen LogP contribution is 2.39. The fraction of sp³-hybridized carbons (Fsp3) is 0. The Morgan fingerprint density at radius 2 is 0.845 bits per heavy atom. The van der Waals surface area contributed by atoms with Crippen LogP contribution in [-0.4, -0.2) is 19.1 Å². The summed E-state index contributed by atoms with van der Waals surface area (Å²) in [7, 11) is 0. The average molecular weight is 739 g/mol. The van der Waals surface area contributed by atoms with Crippen LogP contribution in [0.3, 0.4) is 0 Å². The van der Waals surface area contributed by atoms with Crippen molar-refractivity contribution in [1.29, 1.82) is 0 Å². The molecule has 58 heavy (non-hydrogen) atoms. The highest BCUT2D eigenvalue weighted by molar-refractivity contribution is 6.13. The van der Waals surface area contributed by atoms with E-state index in [1.54, 1.807) is 0 Å². The maximum absolute atomic E-state index is 5.12. The lowest BCUT2D eigenvalue weighted by molar-refractivity contribution is 1.17. The monoisotopic (exact) mass is 738 g/mol. The van der Waals surface area contributed by atoms with Crippen LogP contribution in [-0.2, 0) is 0 Å². The largest absolute Gasteiger partial charge is 0.309 e. The third-order valence-electron chi connectivity index (χ3n) is 11.7. The summed E-state index contributed by atoms with van der Waals surface area (Å²) >= 11 is 0. The summed E-state index contributed by atoms with van der Waals surface area (Å²) in [4.78, 5) is 10.1. The molecule has 3 heterocycles. The fourth-order valence-electron chi connectivity index (χ4n) is 9.03. The zero-order chi connectivity index (χ0) is 38.2. The minimum Gasteiger partial charge on any atom is -0.309 e. The summed E-state index contributed by atoms with van der Waals surface area (Å²) in [6.45, 7) is 0. The molecule has 0 aliphatic heterocycles. The summed E-state index contributed by atoms with van der Waals surface area (Å²) in [6, 6.07) is 73.9. The van der Waals surface area contributed by atoms with Gasteiger partial charge in [0.1, 0.15) is 0 Å². The predicted molar refractivity (Wildman–Crippen MR) is 242 cm³/mol. The zero-order valence-electron chi connectivity index (χ0n) is 31.4. The van der Waals surface area contributed by atoms with Crippen molar-refractivity contribution in [1.82, 2.24) is 19.1 Å². The molecule has 0 bridgehead atoms. The van der Waals surface area contributed by atoms with Crippen molar-refractivity contribution in [3.63, 3.8) is 0 Å². The average Bonchev–Trinajstić information content (AvgIpc) is 3.81. The van der Waals surface area contributed by atoms with Crippen molar-refractivity contribution in [2.45, 2.75) is 0 Å². The number of para-hydroxylation sites is 3. The second-order valence-corrected chi connectivity index (χ2v) is 15.0. The van der Waals surface area contributed by atoms with Crippen molar-refractivity contribution in [2.75, 3.05) is 0 Å². The lowest BCUT2D eigenvalue weighted by Gasteiger charge is -2.12. The molecule has 12 aromatic rings. The molecule has 4 heteroatoms. The molecule has 0 unspecified atom stereocenters. The number of fused-ring (bicyclic) bond motifs is 8. The van der Waals surface area contributed by atoms with E-state index >= 15 is 0 Å². The van der Waals surface area contributed by atoms with Gasteiger partial charge in [0.05, 0.1) is 39.0 Å². The van der Waals surface area contributed by atoms with Gasteiger partial charge in [0.15, 0.2) is 5.82 Å². The molecule has 3 aromatic heterocycles. The molecule has 0 N–H and O–H groups in total. The highest BCUT2D eigenvalue weighted by atomic mass is 15.0. The lowest BCUT2D eigenvalue weighted by atomic mass is 10.0. The first-order chi connectivity index (χ1) is 28.8. The predicted octanol–water partition coefficient (Wildman–Crippen LogP) is 14.0. The van der Waals surface area contributed by atoms with Gasteiger partial charge in [-0.2, -0.15) is 0 Å². The normalized spacial score (nSPS) is 11.8. The minimum atomic E-state index is 0.716. The molecule has 0 amide bonds. The van der Waals surface area contributed by atoms with Gasteiger partial charge in [-0.25, -0.2) is 9.97 Å². The molecule has 270 valence electrons. The van der Waals surface area contributed by atoms with Crippen LogP contribution in [0.2, 0.25) is 0 Å². The van der Waals surface area contributed by atoms with E-state index in [-0.39, 0.29) is 0 Å². The molecule has 0 spiro atoms. The van der Waals surface area contributed by atoms with E-state index in [1.807, 2.05) is 18.2 Å². The van der Waals surface area contributed by atoms with E-state index in [1.165, 1.54) is 71.2 Å². The van der Waals surface area contributed by atoms with E-state index in [0.717, 1.165) is 33.4 Å². The van der Waals surface area contributed by atoms with Crippen LogP contribution in [0, 0.1) is 0 Å². The van der Waals surface area contributed by atoms with Gasteiger partial charge in [-0.15, -0.1) is 0 Å². The topological polar surface area (TPSA) is 35.6 Å². The molecule has 0 fully saturated rings. The molecule has 0 saturated carbocycles. The Kier molecular flexibility index (Phi) is 7.20. The summed E-state index contributed by atoms with van der Waals surface area (Å²) in [6.07, 6.45) is 0. The Morgan fingerprint density at radius 1 is 0.310 bits per heavy atom. The maximum atomic E-state index is 5.12. The quantitative estimate of drug-likeness (QED) is 0.176. The first-order valence-electron chi connectivity index (χ1n) is 19.7. The molecule has 0 atom stereocenters. The summed E-state index contributed by atoms with van der Waals surface area (Å²) < 4.78 is 4.79. The van der Waals surface area contributed by atoms with Crippen LogP contribution in [0.15, 0.2) is 206 Å². The van der Waals surface area contributed by atoms with E-state index in [4.69, 9.17) is 9.97 Å². The number of rotatable bonds is 5. The van der Waals surface area contributed by atoms with Crippen LogP contribution in [0.25, 0.3) is 110 Å². The summed E-state index contributed by atoms with van der Waals surface area (Å²) in [5.41, 5.74) is 13.4. The van der Waals surface area contributed by atoms with Gasteiger partial charge in [0.25, 0.3) is 0 Å². The van der Waals surface area contributed by atoms with Crippen LogP contribution in [0.4, 0.5) is 0 Å². The van der Waals surface area contributed by atoms with Crippen molar-refractivity contribution < 1.29 is 0 Å². The Labute approximate surface area is 334 Å². The van der Waals surface area contributed by atoms with Crippen LogP contribution in [0.5, 0.6) is 0 Å². The number of benzene rings is 9. The number of hydrogen-bond acceptors (Lipinski definition) is 2. The van der Waals surface area contributed by atoms with Crippen molar-refractivity contribution in [3.8, 4) is 45.1 Å². The zero-order valence-corrected chi connectivity index (χ0v) is 31.4. The first-order valence-corrected chi connectivity index (χ1v) is 19.7. The van der Waals surface area contributed by atoms with Crippen molar-refractivity contribution >= 4 is 65.3 Å². The second-order valence-electron chi connectivity index (χ2n) is 15.0. The van der Waals surface area contributed by atoms with Crippen molar-refractivity contribution in [2.24, 2.45) is 0 Å². The molecule has 4 nitrogen and oxygen atoms in total. The number of aromatic nitrogens is 4. The Balaban J connectivity index is 0.967. The van der Waals surface area contributed by atoms with Gasteiger partial charge < -0.3 is 9.13 Å². The Hall–Kier alpha value is -7.82. The summed E-state index contributed by atoms with van der Waals surface area (Å²) in [5, 5.41) is 8.47. The third-order valence-corrected chi connectivity index (χ3v) is 11.7. The van der Waals surface area contributed by atoms with Crippen LogP contribution < -0.4 is 0 Å². The van der Waals surface area contributed by atoms with Gasteiger partial charge in [0.2, 0.25) is 0 Å². The van der Waals surface area contributed by atoms with Gasteiger partial charge in [-0.05, 0) is 89.3 Å². The van der Waals surface area contributed by atoms with Crippen LogP contribution >= 0.6 is 0 Å². The van der Waals surface area contributed by atoms with E-state index < -0.39 is 0 Å². The van der Waals surface area contributed by atoms with Gasteiger partial charge in [0, 0.05) is 49.1 Å². The van der Waals surface area contributed by atoms with Crippen molar-refractivity contribution in [3.05, 3.63) is 206 Å². The van der Waals surface area contributed by atoms with Gasteiger partial charge in [-0.1, -0.05) is 133 Å². The fourth-order valence-corrected chi connectivity index (χ4v) is 9.03. The third kappa shape index (κ3) is 5.02. The summed E-state index contributed by atoms with van der Waals surface area (Å²) in [5.74, 6) is 0.716. The van der Waals surface area contributed by atoms with E-state index in [9.17, 15) is 0 Å². The Bertz CT molecular complexity index is 3550. The number of hydrogen-bond donors (Lipinski definition) is 0. The molecule has 9 aromatic carbocycles. The van der Waals surface area contributed by atoms with E-state index in [0.29, 0.717) is 5.82 Å². The molecule has 0 radical (unpaired) electrons. The minimum absolute atomic E-state index is 0.716. The van der Waals surface area contributed by atoms with Gasteiger partial charge in [-0.3, -0.25) is 0 Å². The molecule has 0 saturated heterocycles. The van der Waals surface area contributed by atoms with Gasteiger partial charge >= 0.3 is 0 Å². The Morgan fingerprint density at radius 3 is 1.57 bits per heavy atom.